The average Bonchev–Trinajstić information content (AvgIpc) is 2.23. The third kappa shape index (κ3) is 4.74. The van der Waals surface area contributed by atoms with Crippen molar-refractivity contribution >= 4 is 45.1 Å². The lowest BCUT2D eigenvalue weighted by atomic mass is 10.5. The first-order chi connectivity index (χ1) is 7.24. The van der Waals surface area contributed by atoms with Crippen LogP contribution in [0.25, 0.3) is 0 Å². The molecule has 0 atom stereocenters. The number of aromatic nitrogens is 2. The largest absolute Gasteiger partial charge is 0.368 e. The Morgan fingerprint density at radius 1 is 1.67 bits per heavy atom. The minimum Gasteiger partial charge on any atom is -0.368 e. The van der Waals surface area contributed by atoms with E-state index in [9.17, 15) is 0 Å². The number of halogens is 2. The van der Waals surface area contributed by atoms with Crippen molar-refractivity contribution in [2.24, 2.45) is 0 Å². The third-order valence-electron chi connectivity index (χ3n) is 1.44. The van der Waals surface area contributed by atoms with Crippen molar-refractivity contribution < 1.29 is 0 Å². The second kappa shape index (κ2) is 6.94. The molecule has 0 bridgehead atoms. The molecule has 0 fully saturated rings. The van der Waals surface area contributed by atoms with Crippen LogP contribution in [0.15, 0.2) is 10.7 Å². The van der Waals surface area contributed by atoms with E-state index in [1.165, 1.54) is 0 Å². The standard InChI is InChI=1S/C9H9BrClN3S/c1-2-4-15-5-3-12-8-7(10)6-13-9(11)14-8/h1,6H,3-5H2,(H,12,13,14). The third-order valence-corrected chi connectivity index (χ3v) is 3.06. The van der Waals surface area contributed by atoms with E-state index in [1.807, 2.05) is 0 Å². The quantitative estimate of drug-likeness (QED) is 0.516. The Hall–Kier alpha value is -0.440. The summed E-state index contributed by atoms with van der Waals surface area (Å²) in [5.41, 5.74) is 0. The summed E-state index contributed by atoms with van der Waals surface area (Å²) in [7, 11) is 0. The number of terminal acetylenes is 1. The van der Waals surface area contributed by atoms with Crippen molar-refractivity contribution in [1.29, 1.82) is 0 Å². The van der Waals surface area contributed by atoms with E-state index in [4.69, 9.17) is 18.0 Å². The van der Waals surface area contributed by atoms with Gasteiger partial charge in [-0.15, -0.1) is 18.2 Å². The van der Waals surface area contributed by atoms with E-state index in [0.29, 0.717) is 5.82 Å². The Bertz CT molecular complexity index is 367. The Labute approximate surface area is 107 Å². The van der Waals surface area contributed by atoms with Gasteiger partial charge in [0.15, 0.2) is 0 Å². The van der Waals surface area contributed by atoms with Crippen molar-refractivity contribution in [3.8, 4) is 12.3 Å². The molecule has 15 heavy (non-hydrogen) atoms. The maximum atomic E-state index is 5.66. The summed E-state index contributed by atoms with van der Waals surface area (Å²) in [5.74, 6) is 4.93. The molecule has 0 amide bonds. The van der Waals surface area contributed by atoms with Crippen molar-refractivity contribution in [3.63, 3.8) is 0 Å². The molecule has 0 aliphatic rings. The zero-order valence-electron chi connectivity index (χ0n) is 7.83. The summed E-state index contributed by atoms with van der Waals surface area (Å²) in [6.07, 6.45) is 6.75. The zero-order chi connectivity index (χ0) is 11.1. The molecular weight excluding hydrogens is 298 g/mol. The van der Waals surface area contributed by atoms with Gasteiger partial charge in [0.1, 0.15) is 5.82 Å². The van der Waals surface area contributed by atoms with Crippen LogP contribution in [0.5, 0.6) is 0 Å². The molecule has 1 rings (SSSR count). The number of thioether (sulfide) groups is 1. The molecule has 0 unspecified atom stereocenters. The predicted molar refractivity (Wildman–Crippen MR) is 69.4 cm³/mol. The van der Waals surface area contributed by atoms with E-state index >= 15 is 0 Å². The molecule has 0 saturated carbocycles. The molecule has 0 spiro atoms. The Kier molecular flexibility index (Phi) is 5.84. The van der Waals surface area contributed by atoms with E-state index < -0.39 is 0 Å². The van der Waals surface area contributed by atoms with Gasteiger partial charge in [0.05, 0.1) is 10.2 Å². The SMILES string of the molecule is C#CCSCCNc1nc(Cl)ncc1Br. The molecule has 0 aliphatic carbocycles. The van der Waals surface area contributed by atoms with E-state index in [1.54, 1.807) is 18.0 Å². The van der Waals surface area contributed by atoms with Gasteiger partial charge in [0.25, 0.3) is 0 Å². The van der Waals surface area contributed by atoms with Crippen LogP contribution in [0.1, 0.15) is 0 Å². The van der Waals surface area contributed by atoms with Crippen molar-refractivity contribution in [2.45, 2.75) is 0 Å². The maximum absolute atomic E-state index is 5.66. The number of hydrogen-bond donors (Lipinski definition) is 1. The number of nitrogens with zero attached hydrogens (tertiary/aromatic N) is 2. The fourth-order valence-electron chi connectivity index (χ4n) is 0.842. The van der Waals surface area contributed by atoms with Crippen LogP contribution < -0.4 is 5.32 Å². The van der Waals surface area contributed by atoms with Crippen LogP contribution in [-0.4, -0.2) is 28.0 Å². The lowest BCUT2D eigenvalue weighted by molar-refractivity contribution is 1.10. The zero-order valence-corrected chi connectivity index (χ0v) is 11.0. The smallest absolute Gasteiger partial charge is 0.224 e. The summed E-state index contributed by atoms with van der Waals surface area (Å²) in [5, 5.41) is 3.37. The number of nitrogens with one attached hydrogen (secondary N) is 1. The molecule has 1 aromatic heterocycles. The number of rotatable bonds is 5. The topological polar surface area (TPSA) is 37.8 Å². The fourth-order valence-corrected chi connectivity index (χ4v) is 1.82. The Morgan fingerprint density at radius 3 is 3.20 bits per heavy atom. The summed E-state index contributed by atoms with van der Waals surface area (Å²) < 4.78 is 0.800. The van der Waals surface area contributed by atoms with Gasteiger partial charge >= 0.3 is 0 Å². The fraction of sp³-hybridized carbons (Fsp3) is 0.333. The molecule has 0 aromatic carbocycles. The molecule has 1 heterocycles. The summed E-state index contributed by atoms with van der Waals surface area (Å²) in [6.45, 7) is 0.790. The first-order valence-corrected chi connectivity index (χ1v) is 6.49. The van der Waals surface area contributed by atoms with E-state index in [0.717, 1.165) is 22.5 Å². The first-order valence-electron chi connectivity index (χ1n) is 4.17. The van der Waals surface area contributed by atoms with E-state index in [2.05, 4.69) is 37.1 Å². The first kappa shape index (κ1) is 12.6. The van der Waals surface area contributed by atoms with Gasteiger partial charge in [0.2, 0.25) is 5.28 Å². The van der Waals surface area contributed by atoms with Crippen LogP contribution in [0.2, 0.25) is 5.28 Å². The monoisotopic (exact) mass is 305 g/mol. The van der Waals surface area contributed by atoms with Crippen LogP contribution in [0.4, 0.5) is 5.82 Å². The van der Waals surface area contributed by atoms with Gasteiger partial charge in [-0.25, -0.2) is 4.98 Å². The van der Waals surface area contributed by atoms with Crippen LogP contribution in [0, 0.1) is 12.3 Å². The highest BCUT2D eigenvalue weighted by Crippen LogP contribution is 2.19. The highest BCUT2D eigenvalue weighted by Gasteiger charge is 2.02. The maximum Gasteiger partial charge on any atom is 0.224 e. The normalized spacial score (nSPS) is 9.67. The van der Waals surface area contributed by atoms with Crippen LogP contribution in [0.3, 0.4) is 0 Å². The van der Waals surface area contributed by atoms with Crippen LogP contribution in [-0.2, 0) is 0 Å². The van der Waals surface area contributed by atoms with Crippen molar-refractivity contribution in [1.82, 2.24) is 9.97 Å². The second-order valence-electron chi connectivity index (χ2n) is 2.52. The average molecular weight is 307 g/mol. The molecule has 0 saturated heterocycles. The predicted octanol–water partition coefficient (Wildman–Crippen LogP) is 2.67. The molecule has 1 aromatic rings. The minimum absolute atomic E-state index is 0.233. The lowest BCUT2D eigenvalue weighted by Gasteiger charge is -2.06. The van der Waals surface area contributed by atoms with Gasteiger partial charge < -0.3 is 5.32 Å². The van der Waals surface area contributed by atoms with Gasteiger partial charge in [-0.3, -0.25) is 0 Å². The Balaban J connectivity index is 2.37. The molecule has 3 nitrogen and oxygen atoms in total. The van der Waals surface area contributed by atoms with Crippen molar-refractivity contribution in [2.75, 3.05) is 23.4 Å². The second-order valence-corrected chi connectivity index (χ2v) is 4.82. The summed E-state index contributed by atoms with van der Waals surface area (Å²) in [4.78, 5) is 7.87. The van der Waals surface area contributed by atoms with Gasteiger partial charge in [-0.2, -0.15) is 4.98 Å². The molecular formula is C9H9BrClN3S. The highest BCUT2D eigenvalue weighted by atomic mass is 79.9. The number of anilines is 1. The Morgan fingerprint density at radius 2 is 2.47 bits per heavy atom. The lowest BCUT2D eigenvalue weighted by Crippen LogP contribution is -2.07. The van der Waals surface area contributed by atoms with Gasteiger partial charge in [-0.1, -0.05) is 5.92 Å². The highest BCUT2D eigenvalue weighted by molar-refractivity contribution is 9.10. The molecule has 80 valence electrons. The molecule has 0 aliphatic heterocycles. The van der Waals surface area contributed by atoms with E-state index in [-0.39, 0.29) is 5.28 Å². The van der Waals surface area contributed by atoms with Crippen molar-refractivity contribution in [3.05, 3.63) is 16.0 Å². The summed E-state index contributed by atoms with van der Waals surface area (Å²) >= 11 is 10.7. The molecule has 6 heteroatoms. The summed E-state index contributed by atoms with van der Waals surface area (Å²) in [6, 6.07) is 0. The molecule has 0 radical (unpaired) electrons. The molecule has 1 N–H and O–H groups in total. The number of hydrogen-bond acceptors (Lipinski definition) is 4. The minimum atomic E-state index is 0.233. The van der Waals surface area contributed by atoms with Crippen LogP contribution >= 0.6 is 39.3 Å². The van der Waals surface area contributed by atoms with Gasteiger partial charge in [-0.05, 0) is 27.5 Å². The van der Waals surface area contributed by atoms with Gasteiger partial charge in [0, 0.05) is 18.5 Å².